The Bertz CT molecular complexity index is 1530. The number of sulfonamides is 1. The largest absolute Gasteiger partial charge is 0.492 e. The molecule has 1 aromatic heterocycles. The molecule has 0 aliphatic carbocycles. The molecule has 0 spiro atoms. The molecule has 0 aliphatic rings. The molecular weight excluding hydrogens is 551 g/mol. The Morgan fingerprint density at radius 2 is 1.66 bits per heavy atom. The first-order chi connectivity index (χ1) is 19.7. The fraction of sp³-hybridized carbons (Fsp3) is 0.375. The number of hydrogen-bond donors (Lipinski definition) is 3. The van der Waals surface area contributed by atoms with Gasteiger partial charge in [-0.25, -0.2) is 8.42 Å². The van der Waals surface area contributed by atoms with Gasteiger partial charge in [0.1, 0.15) is 12.4 Å². The van der Waals surface area contributed by atoms with Gasteiger partial charge in [0.2, 0.25) is 10.0 Å². The standard InChI is InChI=1S/C32H43N3O4SSi/c1-6-41(7-2,8-3)39-31(26-15-12-16-27(21-26)35-40(5,36)37)23-33-19-20-38-28-17-18-29-24(4)32(34-30(29)22-28)25-13-10-9-11-14-25/h9-18,21-22,31,33-35H,6-8,19-20,23H2,1-5H3/t31-/m0/s1. The SMILES string of the molecule is CC[Si](CC)(CC)O[C@@H](CNCCOc1ccc2c(C)c(-c3ccccc3)[nH]c2c1)c1cccc(NS(C)(=O)=O)c1. The number of fused-ring (bicyclic) bond motifs is 1. The summed E-state index contributed by atoms with van der Waals surface area (Å²) in [6.07, 6.45) is 0.979. The van der Waals surface area contributed by atoms with Crippen molar-refractivity contribution in [3.8, 4) is 17.0 Å². The quantitative estimate of drug-likeness (QED) is 0.0998. The maximum absolute atomic E-state index is 11.8. The van der Waals surface area contributed by atoms with E-state index in [1.54, 1.807) is 6.07 Å². The van der Waals surface area contributed by atoms with Crippen molar-refractivity contribution < 1.29 is 17.6 Å². The van der Waals surface area contributed by atoms with Crippen LogP contribution in [0.25, 0.3) is 22.2 Å². The lowest BCUT2D eigenvalue weighted by atomic mass is 10.1. The maximum atomic E-state index is 11.8. The lowest BCUT2D eigenvalue weighted by Crippen LogP contribution is -2.40. The molecule has 7 nitrogen and oxygen atoms in total. The summed E-state index contributed by atoms with van der Waals surface area (Å²) in [6.45, 7) is 10.5. The smallest absolute Gasteiger partial charge is 0.229 e. The number of aryl methyl sites for hydroxylation is 1. The molecule has 4 aromatic rings. The van der Waals surface area contributed by atoms with Gasteiger partial charge in [-0.15, -0.1) is 0 Å². The summed E-state index contributed by atoms with van der Waals surface area (Å²) in [5.74, 6) is 0.821. The van der Waals surface area contributed by atoms with Crippen molar-refractivity contribution >= 4 is 34.9 Å². The van der Waals surface area contributed by atoms with Crippen molar-refractivity contribution in [3.05, 3.63) is 83.9 Å². The molecule has 0 fully saturated rings. The van der Waals surface area contributed by atoms with E-state index in [-0.39, 0.29) is 6.10 Å². The Morgan fingerprint density at radius 1 is 0.927 bits per heavy atom. The number of H-pyrrole nitrogens is 1. The lowest BCUT2D eigenvalue weighted by molar-refractivity contribution is 0.183. The third-order valence-corrected chi connectivity index (χ3v) is 13.1. The van der Waals surface area contributed by atoms with E-state index in [4.69, 9.17) is 9.16 Å². The predicted molar refractivity (Wildman–Crippen MR) is 173 cm³/mol. The zero-order valence-electron chi connectivity index (χ0n) is 24.8. The van der Waals surface area contributed by atoms with Gasteiger partial charge in [0.25, 0.3) is 0 Å². The summed E-state index contributed by atoms with van der Waals surface area (Å²) in [5.41, 5.74) is 6.09. The van der Waals surface area contributed by atoms with Crippen molar-refractivity contribution in [3.63, 3.8) is 0 Å². The summed E-state index contributed by atoms with van der Waals surface area (Å²) >= 11 is 0. The number of aromatic amines is 1. The molecule has 0 aliphatic heterocycles. The topological polar surface area (TPSA) is 92.4 Å². The highest BCUT2D eigenvalue weighted by molar-refractivity contribution is 7.92. The molecule has 0 radical (unpaired) electrons. The second kappa shape index (κ2) is 13.7. The van der Waals surface area contributed by atoms with Crippen molar-refractivity contribution in [1.29, 1.82) is 0 Å². The van der Waals surface area contributed by atoms with Gasteiger partial charge < -0.3 is 19.5 Å². The fourth-order valence-corrected chi connectivity index (χ4v) is 8.70. The van der Waals surface area contributed by atoms with Gasteiger partial charge in [0.05, 0.1) is 12.4 Å². The highest BCUT2D eigenvalue weighted by Gasteiger charge is 2.32. The molecule has 9 heteroatoms. The summed E-state index contributed by atoms with van der Waals surface area (Å²) in [4.78, 5) is 3.56. The zero-order chi connectivity index (χ0) is 29.5. The minimum Gasteiger partial charge on any atom is -0.492 e. The molecule has 0 saturated heterocycles. The van der Waals surface area contributed by atoms with Gasteiger partial charge in [-0.05, 0) is 66.0 Å². The molecule has 41 heavy (non-hydrogen) atoms. The van der Waals surface area contributed by atoms with E-state index in [0.29, 0.717) is 25.4 Å². The Morgan fingerprint density at radius 3 is 2.34 bits per heavy atom. The first-order valence-electron chi connectivity index (χ1n) is 14.4. The summed E-state index contributed by atoms with van der Waals surface area (Å²) in [6, 6.07) is 27.2. The van der Waals surface area contributed by atoms with E-state index in [1.807, 2.05) is 30.3 Å². The van der Waals surface area contributed by atoms with Crippen molar-refractivity contribution in [2.24, 2.45) is 0 Å². The van der Waals surface area contributed by atoms with Crippen LogP contribution in [-0.2, 0) is 14.4 Å². The number of ether oxygens (including phenoxy) is 1. The summed E-state index contributed by atoms with van der Waals surface area (Å²) in [7, 11) is -5.28. The number of aromatic nitrogens is 1. The normalized spacial score (nSPS) is 12.9. The minimum absolute atomic E-state index is 0.183. The monoisotopic (exact) mass is 593 g/mol. The zero-order valence-corrected chi connectivity index (χ0v) is 26.6. The van der Waals surface area contributed by atoms with Gasteiger partial charge in [-0.2, -0.15) is 0 Å². The van der Waals surface area contributed by atoms with Crippen LogP contribution >= 0.6 is 0 Å². The molecule has 3 N–H and O–H groups in total. The molecule has 1 atom stereocenters. The summed E-state index contributed by atoms with van der Waals surface area (Å²) < 4.78 is 39.2. The molecule has 220 valence electrons. The highest BCUT2D eigenvalue weighted by Crippen LogP contribution is 2.32. The van der Waals surface area contributed by atoms with Gasteiger partial charge in [0, 0.05) is 41.4 Å². The molecule has 3 aromatic carbocycles. The van der Waals surface area contributed by atoms with Crippen LogP contribution in [0.2, 0.25) is 18.1 Å². The van der Waals surface area contributed by atoms with Crippen LogP contribution in [-0.4, -0.2) is 47.7 Å². The van der Waals surface area contributed by atoms with E-state index in [1.165, 1.54) is 16.5 Å². The molecule has 0 saturated carbocycles. The first kappa shape index (κ1) is 30.8. The van der Waals surface area contributed by atoms with E-state index < -0.39 is 18.3 Å². The van der Waals surface area contributed by atoms with Crippen LogP contribution in [0.5, 0.6) is 5.75 Å². The van der Waals surface area contributed by atoms with Crippen molar-refractivity contribution in [2.75, 3.05) is 30.7 Å². The van der Waals surface area contributed by atoms with E-state index in [0.717, 1.165) is 46.9 Å². The van der Waals surface area contributed by atoms with Crippen molar-refractivity contribution in [2.45, 2.75) is 51.9 Å². The van der Waals surface area contributed by atoms with Crippen LogP contribution in [0.4, 0.5) is 5.69 Å². The average Bonchev–Trinajstić information content (AvgIpc) is 3.30. The number of hydrogen-bond acceptors (Lipinski definition) is 5. The molecule has 0 amide bonds. The minimum atomic E-state index is -3.37. The van der Waals surface area contributed by atoms with Gasteiger partial charge in [-0.3, -0.25) is 4.72 Å². The fourth-order valence-electron chi connectivity index (χ4n) is 5.32. The van der Waals surface area contributed by atoms with Crippen molar-refractivity contribution in [1.82, 2.24) is 10.3 Å². The number of nitrogens with one attached hydrogen (secondary N) is 3. The molecule has 0 unspecified atom stereocenters. The first-order valence-corrected chi connectivity index (χ1v) is 18.9. The predicted octanol–water partition coefficient (Wildman–Crippen LogP) is 7.25. The molecular formula is C32H43N3O4SSi. The molecule has 0 bridgehead atoms. The third kappa shape index (κ3) is 8.01. The van der Waals surface area contributed by atoms with Crippen LogP contribution in [0.3, 0.4) is 0 Å². The van der Waals surface area contributed by atoms with Gasteiger partial charge in [0.15, 0.2) is 8.32 Å². The Hall–Kier alpha value is -3.11. The van der Waals surface area contributed by atoms with Crippen LogP contribution < -0.4 is 14.8 Å². The van der Waals surface area contributed by atoms with Gasteiger partial charge in [-0.1, -0.05) is 63.2 Å². The van der Waals surface area contributed by atoms with Gasteiger partial charge >= 0.3 is 0 Å². The maximum Gasteiger partial charge on any atom is 0.229 e. The number of anilines is 1. The molecule has 1 heterocycles. The van der Waals surface area contributed by atoms with E-state index >= 15 is 0 Å². The van der Waals surface area contributed by atoms with Crippen LogP contribution in [0.15, 0.2) is 72.8 Å². The summed E-state index contributed by atoms with van der Waals surface area (Å²) in [5, 5.41) is 4.71. The third-order valence-electron chi connectivity index (χ3n) is 7.86. The number of benzene rings is 3. The Labute approximate surface area is 245 Å². The van der Waals surface area contributed by atoms with E-state index in [2.05, 4.69) is 79.1 Å². The van der Waals surface area contributed by atoms with Crippen LogP contribution in [0, 0.1) is 6.92 Å². The second-order valence-corrected chi connectivity index (χ2v) is 17.1. The number of rotatable bonds is 15. The van der Waals surface area contributed by atoms with Crippen LogP contribution in [0.1, 0.15) is 38.0 Å². The molecule has 4 rings (SSSR count). The lowest BCUT2D eigenvalue weighted by Gasteiger charge is -2.34. The van der Waals surface area contributed by atoms with E-state index in [9.17, 15) is 8.42 Å². The average molecular weight is 594 g/mol. The highest BCUT2D eigenvalue weighted by atomic mass is 32.2. The second-order valence-electron chi connectivity index (χ2n) is 10.6. The Kier molecular flexibility index (Phi) is 10.3. The Balaban J connectivity index is 1.41.